The number of alkyl halides is 6. The van der Waals surface area contributed by atoms with Gasteiger partial charge in [-0.3, -0.25) is 4.90 Å². The van der Waals surface area contributed by atoms with E-state index >= 15 is 0 Å². The minimum atomic E-state index is -5.01. The number of hydrogen-bond donors (Lipinski definition) is 0. The normalized spacial score (nSPS) is 19.2. The van der Waals surface area contributed by atoms with Gasteiger partial charge in [0.2, 0.25) is 11.2 Å². The molecule has 4 heterocycles. The van der Waals surface area contributed by atoms with Gasteiger partial charge in [0.05, 0.1) is 48.0 Å². The van der Waals surface area contributed by atoms with Crippen LogP contribution in [0.5, 0.6) is 0 Å². The number of cyclic esters (lactones) is 1. The number of aromatic nitrogens is 4. The van der Waals surface area contributed by atoms with Crippen molar-refractivity contribution in [3.05, 3.63) is 63.8 Å². The van der Waals surface area contributed by atoms with E-state index in [1.807, 2.05) is 11.8 Å². The van der Waals surface area contributed by atoms with Gasteiger partial charge in [-0.15, -0.1) is 0 Å². The van der Waals surface area contributed by atoms with E-state index < -0.39 is 35.6 Å². The molecule has 0 aliphatic carbocycles. The van der Waals surface area contributed by atoms with Crippen LogP contribution in [0.4, 0.5) is 48.6 Å². The minimum Gasteiger partial charge on any atom is -0.447 e. The maximum atomic E-state index is 13.6. The number of hydrogen-bond acceptors (Lipinski definition) is 8. The summed E-state index contributed by atoms with van der Waals surface area (Å²) in [5.41, 5.74) is -2.77. The molecule has 2 aliphatic heterocycles. The molecule has 0 spiro atoms. The van der Waals surface area contributed by atoms with Gasteiger partial charge in [0.25, 0.3) is 0 Å². The Kier molecular flexibility index (Phi) is 8.49. The molecule has 1 unspecified atom stereocenters. The average Bonchev–Trinajstić information content (AvgIpc) is 3.58. The van der Waals surface area contributed by atoms with E-state index in [1.54, 1.807) is 4.90 Å². The summed E-state index contributed by atoms with van der Waals surface area (Å²) in [6.45, 7) is 2.21. The van der Waals surface area contributed by atoms with Crippen LogP contribution in [-0.4, -0.2) is 57.8 Å². The zero-order chi connectivity index (χ0) is 31.1. The number of amides is 1. The fraction of sp³-hybridized carbons (Fsp3) is 0.423. The van der Waals surface area contributed by atoms with E-state index in [1.165, 1.54) is 23.5 Å². The van der Waals surface area contributed by atoms with Crippen molar-refractivity contribution in [2.24, 2.45) is 0 Å². The lowest BCUT2D eigenvalue weighted by Gasteiger charge is -2.30. The standard InChI is InChI=1S/C26H23Cl2F6N7O2/c1-2-17-8-18(13-40(17)21-20(27)11-35-22(28)38-21)41(23-36-9-19(10-37-23)39-3-4-43-24(39)42)12-14-5-15(25(29,30)31)7-16(6-14)26(32,33)34/h5-7,9-11,17-18H,2-4,8,12-13H2,1H3/t17?,18-/m0/s1. The summed E-state index contributed by atoms with van der Waals surface area (Å²) in [6.07, 6.45) is -5.54. The van der Waals surface area contributed by atoms with Gasteiger partial charge in [0.1, 0.15) is 11.6 Å². The highest BCUT2D eigenvalue weighted by Gasteiger charge is 2.40. The monoisotopic (exact) mass is 649 g/mol. The Morgan fingerprint density at radius 2 is 1.65 bits per heavy atom. The first-order valence-electron chi connectivity index (χ1n) is 13.0. The molecular weight excluding hydrogens is 627 g/mol. The molecule has 2 aliphatic rings. The average molecular weight is 650 g/mol. The first-order valence-corrected chi connectivity index (χ1v) is 13.8. The quantitative estimate of drug-likeness (QED) is 0.208. The highest BCUT2D eigenvalue weighted by molar-refractivity contribution is 6.33. The SMILES string of the molecule is CCC1C[C@H](N(Cc2cc(C(F)(F)F)cc(C(F)(F)F)c2)c2ncc(N3CCOC3=O)cn2)CN1c1nc(Cl)ncc1Cl. The molecule has 0 saturated carbocycles. The third kappa shape index (κ3) is 6.66. The van der Waals surface area contributed by atoms with Crippen molar-refractivity contribution in [2.75, 3.05) is 34.4 Å². The van der Waals surface area contributed by atoms with Gasteiger partial charge in [-0.05, 0) is 48.2 Å². The molecule has 17 heteroatoms. The fourth-order valence-electron chi connectivity index (χ4n) is 5.20. The van der Waals surface area contributed by atoms with Crippen LogP contribution in [0, 0.1) is 0 Å². The van der Waals surface area contributed by atoms with E-state index in [0.29, 0.717) is 36.5 Å². The minimum absolute atomic E-state index is 0.0378. The first kappa shape index (κ1) is 30.9. The highest BCUT2D eigenvalue weighted by atomic mass is 35.5. The lowest BCUT2D eigenvalue weighted by molar-refractivity contribution is -0.143. The van der Waals surface area contributed by atoms with Crippen LogP contribution < -0.4 is 14.7 Å². The topological polar surface area (TPSA) is 87.6 Å². The zero-order valence-electron chi connectivity index (χ0n) is 22.3. The molecule has 0 N–H and O–H groups in total. The van der Waals surface area contributed by atoms with Gasteiger partial charge in [-0.2, -0.15) is 31.3 Å². The molecule has 2 saturated heterocycles. The Morgan fingerprint density at radius 1 is 1.00 bits per heavy atom. The molecule has 2 atom stereocenters. The second-order valence-corrected chi connectivity index (χ2v) is 10.7. The summed E-state index contributed by atoms with van der Waals surface area (Å²) in [4.78, 5) is 33.5. The molecule has 2 fully saturated rings. The Balaban J connectivity index is 1.55. The van der Waals surface area contributed by atoms with Crippen molar-refractivity contribution in [3.63, 3.8) is 0 Å². The lowest BCUT2D eigenvalue weighted by Crippen LogP contribution is -2.39. The van der Waals surface area contributed by atoms with Crippen LogP contribution in [0.3, 0.4) is 0 Å². The Morgan fingerprint density at radius 3 is 2.21 bits per heavy atom. The van der Waals surface area contributed by atoms with Gasteiger partial charge in [-0.1, -0.05) is 18.5 Å². The largest absolute Gasteiger partial charge is 0.447 e. The Bertz CT molecular complexity index is 1460. The number of benzene rings is 1. The smallest absolute Gasteiger partial charge is 0.416 e. The number of nitrogens with zero attached hydrogens (tertiary/aromatic N) is 7. The van der Waals surface area contributed by atoms with Crippen molar-refractivity contribution in [1.82, 2.24) is 19.9 Å². The molecule has 0 radical (unpaired) electrons. The number of rotatable bonds is 7. The molecule has 1 amide bonds. The Labute approximate surface area is 251 Å². The summed E-state index contributed by atoms with van der Waals surface area (Å²) in [6, 6.07) is 0.784. The summed E-state index contributed by atoms with van der Waals surface area (Å²) >= 11 is 12.4. The van der Waals surface area contributed by atoms with E-state index in [2.05, 4.69) is 19.9 Å². The van der Waals surface area contributed by atoms with Crippen LogP contribution in [0.1, 0.15) is 36.5 Å². The van der Waals surface area contributed by atoms with Gasteiger partial charge < -0.3 is 14.5 Å². The third-order valence-electron chi connectivity index (χ3n) is 7.23. The first-order chi connectivity index (χ1) is 20.2. The molecule has 3 aromatic rings. The summed E-state index contributed by atoms with van der Waals surface area (Å²) in [7, 11) is 0. The lowest BCUT2D eigenvalue weighted by atomic mass is 10.0. The second-order valence-electron chi connectivity index (χ2n) is 9.96. The molecule has 9 nitrogen and oxygen atoms in total. The van der Waals surface area contributed by atoms with Crippen LogP contribution in [-0.2, 0) is 23.6 Å². The zero-order valence-corrected chi connectivity index (χ0v) is 23.8. The molecule has 43 heavy (non-hydrogen) atoms. The molecule has 230 valence electrons. The molecule has 1 aromatic carbocycles. The number of carbonyl (C=O) groups excluding carboxylic acids is 1. The van der Waals surface area contributed by atoms with Crippen LogP contribution in [0.25, 0.3) is 0 Å². The van der Waals surface area contributed by atoms with Crippen LogP contribution in [0.2, 0.25) is 10.3 Å². The fourth-order valence-corrected chi connectivity index (χ4v) is 5.53. The molecule has 2 aromatic heterocycles. The second kappa shape index (κ2) is 11.8. The van der Waals surface area contributed by atoms with E-state index in [0.717, 1.165) is 0 Å². The molecule has 0 bridgehead atoms. The molecular formula is C26H23Cl2F6N7O2. The summed E-state index contributed by atoms with van der Waals surface area (Å²) in [5, 5.41) is 0.179. The van der Waals surface area contributed by atoms with Crippen molar-refractivity contribution in [1.29, 1.82) is 0 Å². The van der Waals surface area contributed by atoms with Crippen LogP contribution in [0.15, 0.2) is 36.8 Å². The number of ether oxygens (including phenoxy) is 1. The van der Waals surface area contributed by atoms with Crippen molar-refractivity contribution in [3.8, 4) is 0 Å². The maximum Gasteiger partial charge on any atom is 0.416 e. The predicted octanol–water partition coefficient (Wildman–Crippen LogP) is 6.63. The summed E-state index contributed by atoms with van der Waals surface area (Å²) in [5.74, 6) is 0.383. The van der Waals surface area contributed by atoms with Gasteiger partial charge >= 0.3 is 18.4 Å². The number of carbonyl (C=O) groups is 1. The van der Waals surface area contributed by atoms with Crippen molar-refractivity contribution in [2.45, 2.75) is 50.7 Å². The molecule has 5 rings (SSSR count). The maximum absolute atomic E-state index is 13.6. The van der Waals surface area contributed by atoms with Gasteiger partial charge in [-0.25, -0.2) is 19.7 Å². The number of halogens is 8. The summed E-state index contributed by atoms with van der Waals surface area (Å²) < 4.78 is 86.8. The number of anilines is 3. The van der Waals surface area contributed by atoms with Crippen molar-refractivity contribution >= 4 is 46.7 Å². The predicted molar refractivity (Wildman–Crippen MR) is 145 cm³/mol. The third-order valence-corrected chi connectivity index (χ3v) is 7.68. The van der Waals surface area contributed by atoms with Gasteiger partial charge in [0, 0.05) is 19.1 Å². The van der Waals surface area contributed by atoms with E-state index in [9.17, 15) is 31.1 Å². The van der Waals surface area contributed by atoms with Crippen molar-refractivity contribution < 1.29 is 35.9 Å². The van der Waals surface area contributed by atoms with E-state index in [-0.39, 0.29) is 60.2 Å². The Hall–Kier alpha value is -3.59. The van der Waals surface area contributed by atoms with E-state index in [4.69, 9.17) is 27.9 Å². The van der Waals surface area contributed by atoms with Crippen LogP contribution >= 0.6 is 23.2 Å². The highest BCUT2D eigenvalue weighted by Crippen LogP contribution is 2.38. The van der Waals surface area contributed by atoms with Gasteiger partial charge in [0.15, 0.2) is 5.82 Å².